The number of halogens is 1. The monoisotopic (exact) mass is 536 g/mol. The molecule has 1 saturated heterocycles. The standard InChI is InChI=1S/C31H41FN4O3/c1-22-6-7-25(18-23(22)2)27-19-28(24-8-10-26(32)11-9-24)36(33-27)30(38)21-35(29(37)20-31(3,4)5)13-12-34-14-16-39-17-15-34/h6-11,18,28H,12-17,19-21H2,1-5H3. The van der Waals surface area contributed by atoms with Crippen LogP contribution in [0.1, 0.15) is 61.9 Å². The Hall–Kier alpha value is -3.10. The van der Waals surface area contributed by atoms with E-state index in [-0.39, 0.29) is 35.6 Å². The summed E-state index contributed by atoms with van der Waals surface area (Å²) >= 11 is 0. The van der Waals surface area contributed by atoms with Gasteiger partial charge in [-0.3, -0.25) is 14.5 Å². The van der Waals surface area contributed by atoms with Gasteiger partial charge in [-0.05, 0) is 59.7 Å². The molecule has 1 atom stereocenters. The predicted octanol–water partition coefficient (Wildman–Crippen LogP) is 4.72. The first-order valence-electron chi connectivity index (χ1n) is 13.8. The van der Waals surface area contributed by atoms with Crippen molar-refractivity contribution in [2.45, 2.75) is 53.5 Å². The molecule has 2 aliphatic rings. The number of morpholine rings is 1. The molecule has 2 amide bonds. The Morgan fingerprint density at radius 3 is 2.38 bits per heavy atom. The van der Waals surface area contributed by atoms with Crippen LogP contribution in [0.15, 0.2) is 47.6 Å². The fraction of sp³-hybridized carbons (Fsp3) is 0.516. The molecule has 0 radical (unpaired) electrons. The fourth-order valence-corrected chi connectivity index (χ4v) is 4.96. The van der Waals surface area contributed by atoms with Gasteiger partial charge in [0.05, 0.1) is 25.0 Å². The Balaban J connectivity index is 1.58. The summed E-state index contributed by atoms with van der Waals surface area (Å²) in [5, 5.41) is 6.29. The second kappa shape index (κ2) is 12.4. The van der Waals surface area contributed by atoms with Crippen LogP contribution in [-0.4, -0.2) is 78.3 Å². The minimum Gasteiger partial charge on any atom is -0.379 e. The Labute approximate surface area is 231 Å². The highest BCUT2D eigenvalue weighted by Gasteiger charge is 2.35. The van der Waals surface area contributed by atoms with Crippen LogP contribution in [0.5, 0.6) is 0 Å². The van der Waals surface area contributed by atoms with Crippen molar-refractivity contribution in [1.82, 2.24) is 14.8 Å². The molecule has 210 valence electrons. The maximum absolute atomic E-state index is 13.8. The van der Waals surface area contributed by atoms with Crippen LogP contribution >= 0.6 is 0 Å². The highest BCUT2D eigenvalue weighted by molar-refractivity contribution is 6.03. The number of ether oxygens (including phenoxy) is 1. The van der Waals surface area contributed by atoms with E-state index in [1.165, 1.54) is 22.7 Å². The normalized spacial score (nSPS) is 18.3. The zero-order chi connectivity index (χ0) is 28.2. The number of aryl methyl sites for hydroxylation is 2. The van der Waals surface area contributed by atoms with Gasteiger partial charge >= 0.3 is 0 Å². The lowest BCUT2D eigenvalue weighted by Gasteiger charge is -2.32. The fourth-order valence-electron chi connectivity index (χ4n) is 4.96. The summed E-state index contributed by atoms with van der Waals surface area (Å²) in [5.41, 5.74) is 4.73. The molecular weight excluding hydrogens is 495 g/mol. The average Bonchev–Trinajstić information content (AvgIpc) is 3.34. The van der Waals surface area contributed by atoms with E-state index in [1.807, 2.05) is 26.8 Å². The maximum Gasteiger partial charge on any atom is 0.262 e. The highest BCUT2D eigenvalue weighted by atomic mass is 19.1. The van der Waals surface area contributed by atoms with Crippen molar-refractivity contribution in [3.8, 4) is 0 Å². The lowest BCUT2D eigenvalue weighted by molar-refractivity contribution is -0.142. The van der Waals surface area contributed by atoms with E-state index in [9.17, 15) is 14.0 Å². The summed E-state index contributed by atoms with van der Waals surface area (Å²) < 4.78 is 19.2. The largest absolute Gasteiger partial charge is 0.379 e. The molecule has 2 aliphatic heterocycles. The van der Waals surface area contributed by atoms with E-state index in [0.29, 0.717) is 39.1 Å². The summed E-state index contributed by atoms with van der Waals surface area (Å²) in [5.74, 6) is -0.612. The summed E-state index contributed by atoms with van der Waals surface area (Å²) in [7, 11) is 0. The van der Waals surface area contributed by atoms with Crippen LogP contribution in [0, 0.1) is 25.1 Å². The van der Waals surface area contributed by atoms with Gasteiger partial charge in [-0.1, -0.05) is 45.0 Å². The number of benzene rings is 2. The molecule has 39 heavy (non-hydrogen) atoms. The van der Waals surface area contributed by atoms with Crippen molar-refractivity contribution < 1.29 is 18.7 Å². The molecule has 8 heteroatoms. The Bertz CT molecular complexity index is 1200. The van der Waals surface area contributed by atoms with Crippen molar-refractivity contribution in [2.24, 2.45) is 10.5 Å². The van der Waals surface area contributed by atoms with Gasteiger partial charge in [-0.2, -0.15) is 5.10 Å². The van der Waals surface area contributed by atoms with Gasteiger partial charge in [0.2, 0.25) is 5.91 Å². The second-order valence-electron chi connectivity index (χ2n) is 11.9. The molecule has 1 unspecified atom stereocenters. The molecule has 0 bridgehead atoms. The van der Waals surface area contributed by atoms with Crippen LogP contribution in [0.4, 0.5) is 4.39 Å². The third-order valence-electron chi connectivity index (χ3n) is 7.41. The van der Waals surface area contributed by atoms with Crippen molar-refractivity contribution in [1.29, 1.82) is 0 Å². The van der Waals surface area contributed by atoms with E-state index in [4.69, 9.17) is 9.84 Å². The van der Waals surface area contributed by atoms with Crippen LogP contribution in [0.3, 0.4) is 0 Å². The molecule has 7 nitrogen and oxygen atoms in total. The molecule has 2 aromatic rings. The Kier molecular flexibility index (Phi) is 9.18. The maximum atomic E-state index is 13.8. The van der Waals surface area contributed by atoms with E-state index in [0.717, 1.165) is 35.5 Å². The Morgan fingerprint density at radius 1 is 1.05 bits per heavy atom. The third-order valence-corrected chi connectivity index (χ3v) is 7.41. The van der Waals surface area contributed by atoms with Gasteiger partial charge in [0, 0.05) is 39.0 Å². The number of carbonyl (C=O) groups excluding carboxylic acids is 2. The van der Waals surface area contributed by atoms with E-state index >= 15 is 0 Å². The predicted molar refractivity (Wildman–Crippen MR) is 151 cm³/mol. The molecule has 0 saturated carbocycles. The van der Waals surface area contributed by atoms with Crippen LogP contribution in [-0.2, 0) is 14.3 Å². The van der Waals surface area contributed by atoms with E-state index in [1.54, 1.807) is 17.0 Å². The number of carbonyl (C=O) groups is 2. The first kappa shape index (κ1) is 28.9. The van der Waals surface area contributed by atoms with Gasteiger partial charge in [-0.15, -0.1) is 0 Å². The zero-order valence-corrected chi connectivity index (χ0v) is 23.9. The highest BCUT2D eigenvalue weighted by Crippen LogP contribution is 2.33. The van der Waals surface area contributed by atoms with Crippen LogP contribution in [0.2, 0.25) is 0 Å². The van der Waals surface area contributed by atoms with Gasteiger partial charge in [0.25, 0.3) is 5.91 Å². The van der Waals surface area contributed by atoms with E-state index < -0.39 is 0 Å². The number of rotatable bonds is 8. The van der Waals surface area contributed by atoms with Crippen molar-refractivity contribution >= 4 is 17.5 Å². The van der Waals surface area contributed by atoms with Crippen molar-refractivity contribution in [3.63, 3.8) is 0 Å². The van der Waals surface area contributed by atoms with E-state index in [2.05, 4.69) is 30.9 Å². The van der Waals surface area contributed by atoms with Gasteiger partial charge < -0.3 is 9.64 Å². The quantitative estimate of drug-likeness (QED) is 0.490. The molecule has 4 rings (SSSR count). The lowest BCUT2D eigenvalue weighted by atomic mass is 9.91. The molecule has 2 heterocycles. The number of hydrogen-bond acceptors (Lipinski definition) is 5. The Morgan fingerprint density at radius 2 is 1.74 bits per heavy atom. The molecule has 1 fully saturated rings. The van der Waals surface area contributed by atoms with Gasteiger partial charge in [0.15, 0.2) is 0 Å². The van der Waals surface area contributed by atoms with Gasteiger partial charge in [0.1, 0.15) is 12.4 Å². The zero-order valence-electron chi connectivity index (χ0n) is 23.9. The van der Waals surface area contributed by atoms with Crippen molar-refractivity contribution in [3.05, 3.63) is 70.5 Å². The number of hydrazone groups is 1. The number of nitrogens with zero attached hydrogens (tertiary/aromatic N) is 4. The topological polar surface area (TPSA) is 65.5 Å². The SMILES string of the molecule is Cc1ccc(C2=NN(C(=O)CN(CCN3CCOCC3)C(=O)CC(C)(C)C)C(c3ccc(F)cc3)C2)cc1C. The smallest absolute Gasteiger partial charge is 0.262 e. The molecule has 0 aliphatic carbocycles. The molecule has 0 spiro atoms. The van der Waals surface area contributed by atoms with Crippen molar-refractivity contribution in [2.75, 3.05) is 45.9 Å². The summed E-state index contributed by atoms with van der Waals surface area (Å²) in [6.45, 7) is 14.3. The summed E-state index contributed by atoms with van der Waals surface area (Å²) in [6.07, 6.45) is 0.867. The first-order chi connectivity index (χ1) is 18.5. The van der Waals surface area contributed by atoms with Crippen LogP contribution in [0.25, 0.3) is 0 Å². The average molecular weight is 537 g/mol. The minimum absolute atomic E-state index is 0.0417. The first-order valence-corrected chi connectivity index (χ1v) is 13.8. The second-order valence-corrected chi connectivity index (χ2v) is 11.9. The lowest BCUT2D eigenvalue weighted by Crippen LogP contribution is -2.47. The molecule has 2 aromatic carbocycles. The minimum atomic E-state index is -0.367. The third kappa shape index (κ3) is 7.73. The molecule has 0 N–H and O–H groups in total. The summed E-state index contributed by atoms with van der Waals surface area (Å²) in [6, 6.07) is 12.0. The number of amides is 2. The number of hydrogen-bond donors (Lipinski definition) is 0. The van der Waals surface area contributed by atoms with Gasteiger partial charge in [-0.25, -0.2) is 9.40 Å². The van der Waals surface area contributed by atoms with Crippen LogP contribution < -0.4 is 0 Å². The molecule has 0 aromatic heterocycles. The summed E-state index contributed by atoms with van der Waals surface area (Å²) in [4.78, 5) is 31.1. The molecular formula is C31H41FN4O3.